The molecule has 2 aromatic carbocycles. The smallest absolute Gasteiger partial charge is 0.425 e. The number of aromatic hydroxyl groups is 1. The summed E-state index contributed by atoms with van der Waals surface area (Å²) in [7, 11) is 0. The maximum absolute atomic E-state index is 13.8. The topological polar surface area (TPSA) is 105 Å². The van der Waals surface area contributed by atoms with Crippen molar-refractivity contribution in [3.63, 3.8) is 0 Å². The maximum Gasteiger partial charge on any atom is 0.425 e. The molecular weight excluding hydrogens is 456 g/mol. The molecule has 172 valence electrons. The first-order valence-electron chi connectivity index (χ1n) is 11.1. The van der Waals surface area contributed by atoms with Crippen LogP contribution >= 0.6 is 0 Å². The monoisotopic (exact) mass is 473 g/mol. The number of nitrogens with zero attached hydrogens (tertiary/aromatic N) is 4. The minimum atomic E-state index is -0.488. The van der Waals surface area contributed by atoms with Gasteiger partial charge in [-0.15, -0.1) is 4.58 Å². The number of hydrogen-bond acceptors (Lipinski definition) is 6. The Morgan fingerprint density at radius 1 is 0.778 bits per heavy atom. The van der Waals surface area contributed by atoms with E-state index in [4.69, 9.17) is 0 Å². The van der Waals surface area contributed by atoms with Crippen LogP contribution in [0.1, 0.15) is 36.8 Å². The molecule has 1 amide bonds. The van der Waals surface area contributed by atoms with Crippen LogP contribution in [0.15, 0.2) is 97.6 Å². The number of benzene rings is 2. The lowest BCUT2D eigenvalue weighted by Crippen LogP contribution is -2.29. The lowest BCUT2D eigenvalue weighted by molar-refractivity contribution is -0.330. The minimum Gasteiger partial charge on any atom is -0.505 e. The Morgan fingerprint density at radius 2 is 1.39 bits per heavy atom. The molecule has 1 N–H and O–H groups in total. The van der Waals surface area contributed by atoms with Crippen LogP contribution in [-0.2, 0) is 0 Å². The third kappa shape index (κ3) is 3.08. The highest BCUT2D eigenvalue weighted by atomic mass is 16.3. The Morgan fingerprint density at radius 3 is 2.11 bits per heavy atom. The number of Topliss-reactive ketones (excluding diaryl/α,β-unsaturated/α-hetero) is 1. The van der Waals surface area contributed by atoms with Crippen LogP contribution in [0.5, 0.6) is 5.75 Å². The zero-order chi connectivity index (χ0) is 24.8. The Balaban J connectivity index is 1.71. The summed E-state index contributed by atoms with van der Waals surface area (Å²) in [5.41, 5.74) is 1.52. The van der Waals surface area contributed by atoms with E-state index in [1.54, 1.807) is 72.8 Å². The van der Waals surface area contributed by atoms with Crippen molar-refractivity contribution in [2.45, 2.75) is 0 Å². The predicted molar refractivity (Wildman–Crippen MR) is 131 cm³/mol. The van der Waals surface area contributed by atoms with Gasteiger partial charge in [0.1, 0.15) is 5.56 Å². The van der Waals surface area contributed by atoms with Crippen LogP contribution in [-0.4, -0.2) is 47.5 Å². The number of aromatic nitrogens is 3. The van der Waals surface area contributed by atoms with Gasteiger partial charge in [-0.2, -0.15) is 0 Å². The standard InChI is InChI=1S/C28H16N4O4/c33-25-19-5-1-3-7-21(19)31(27(35)17-9-13-29-14-10-17)23(25)24-26(34)20-6-2-4-8-22(20)32(24)28(36)18-11-15-30-16-12-18/h1-16H/p+1. The number of ketones is 1. The van der Waals surface area contributed by atoms with Crippen molar-refractivity contribution in [3.05, 3.63) is 120 Å². The molecule has 3 aromatic heterocycles. The molecule has 0 unspecified atom stereocenters. The number of carbonyl (C=O) groups is 3. The van der Waals surface area contributed by atoms with E-state index < -0.39 is 17.6 Å². The van der Waals surface area contributed by atoms with Crippen LogP contribution in [0.2, 0.25) is 0 Å². The Labute approximate surface area is 204 Å². The Bertz CT molecular complexity index is 1740. The van der Waals surface area contributed by atoms with Crippen molar-refractivity contribution >= 4 is 39.9 Å². The first-order chi connectivity index (χ1) is 17.6. The highest BCUT2D eigenvalue weighted by Gasteiger charge is 2.47. The Kier molecular flexibility index (Phi) is 4.86. The number of para-hydroxylation sites is 2. The van der Waals surface area contributed by atoms with Crippen molar-refractivity contribution in [2.24, 2.45) is 0 Å². The van der Waals surface area contributed by atoms with Crippen molar-refractivity contribution < 1.29 is 24.1 Å². The van der Waals surface area contributed by atoms with Gasteiger partial charge in [0, 0.05) is 41.8 Å². The molecule has 0 atom stereocenters. The van der Waals surface area contributed by atoms with Gasteiger partial charge in [-0.1, -0.05) is 24.3 Å². The van der Waals surface area contributed by atoms with E-state index >= 15 is 0 Å². The van der Waals surface area contributed by atoms with E-state index in [9.17, 15) is 19.5 Å². The molecule has 0 fully saturated rings. The fraction of sp³-hybridized carbons (Fsp3) is 0. The molecule has 4 heterocycles. The van der Waals surface area contributed by atoms with Crippen LogP contribution in [0.3, 0.4) is 0 Å². The highest BCUT2D eigenvalue weighted by molar-refractivity contribution is 6.53. The average molecular weight is 473 g/mol. The van der Waals surface area contributed by atoms with E-state index in [1.165, 1.54) is 33.9 Å². The van der Waals surface area contributed by atoms with Gasteiger partial charge in [0.25, 0.3) is 17.4 Å². The van der Waals surface area contributed by atoms with Gasteiger partial charge >= 0.3 is 5.91 Å². The van der Waals surface area contributed by atoms with Gasteiger partial charge in [0.15, 0.2) is 11.4 Å². The molecule has 8 heteroatoms. The van der Waals surface area contributed by atoms with Crippen LogP contribution in [0.25, 0.3) is 10.9 Å². The summed E-state index contributed by atoms with van der Waals surface area (Å²) < 4.78 is 2.54. The first kappa shape index (κ1) is 21.3. The summed E-state index contributed by atoms with van der Waals surface area (Å²) in [6, 6.07) is 19.7. The average Bonchev–Trinajstić information content (AvgIpc) is 3.39. The van der Waals surface area contributed by atoms with Crippen molar-refractivity contribution in [1.82, 2.24) is 14.5 Å². The molecule has 6 rings (SSSR count). The Hall–Kier alpha value is -5.24. The zero-order valence-corrected chi connectivity index (χ0v) is 18.7. The number of fused-ring (bicyclic) bond motifs is 2. The summed E-state index contributed by atoms with van der Waals surface area (Å²) in [6.07, 6.45) is 5.94. The third-order valence-electron chi connectivity index (χ3n) is 6.16. The normalized spacial score (nSPS) is 12.7. The number of carbonyl (C=O) groups excluding carboxylic acids is 3. The fourth-order valence-corrected chi connectivity index (χ4v) is 4.53. The molecule has 0 spiro atoms. The maximum atomic E-state index is 13.8. The molecule has 0 aliphatic carbocycles. The van der Waals surface area contributed by atoms with Gasteiger partial charge in [-0.25, -0.2) is 4.79 Å². The van der Waals surface area contributed by atoms with Gasteiger partial charge in [0.2, 0.25) is 5.69 Å². The molecule has 36 heavy (non-hydrogen) atoms. The van der Waals surface area contributed by atoms with E-state index in [1.807, 2.05) is 0 Å². The molecule has 5 aromatic rings. The number of hydrogen-bond donors (Lipinski definition) is 1. The second kappa shape index (κ2) is 8.21. The van der Waals surface area contributed by atoms with E-state index in [0.29, 0.717) is 33.3 Å². The molecule has 0 saturated heterocycles. The highest BCUT2D eigenvalue weighted by Crippen LogP contribution is 2.38. The first-order valence-corrected chi connectivity index (χ1v) is 11.1. The summed E-state index contributed by atoms with van der Waals surface area (Å²) in [5.74, 6) is -1.71. The number of pyridine rings is 2. The van der Waals surface area contributed by atoms with Gasteiger partial charge < -0.3 is 5.11 Å². The lowest BCUT2D eigenvalue weighted by Gasteiger charge is -2.08. The number of amides is 1. The van der Waals surface area contributed by atoms with Crippen LogP contribution in [0, 0.1) is 0 Å². The van der Waals surface area contributed by atoms with Crippen molar-refractivity contribution in [3.8, 4) is 5.75 Å². The van der Waals surface area contributed by atoms with Gasteiger partial charge in [0.05, 0.1) is 11.1 Å². The third-order valence-corrected chi connectivity index (χ3v) is 6.16. The molecular formula is C28H17N4O4+. The SMILES string of the molecule is O=C1C(c2c(O)c3ccccc3n2C(=O)c2ccncc2)=[N+](C(=O)c2ccncc2)c2ccccc21. The second-order valence-electron chi connectivity index (χ2n) is 8.16. The molecule has 0 radical (unpaired) electrons. The summed E-state index contributed by atoms with van der Waals surface area (Å²) in [4.78, 5) is 49.3. The molecule has 1 aliphatic heterocycles. The predicted octanol–water partition coefficient (Wildman–Crippen LogP) is 4.00. The quantitative estimate of drug-likeness (QED) is 0.397. The van der Waals surface area contributed by atoms with E-state index in [0.717, 1.165) is 0 Å². The largest absolute Gasteiger partial charge is 0.505 e. The molecule has 0 saturated carbocycles. The van der Waals surface area contributed by atoms with E-state index in [2.05, 4.69) is 9.97 Å². The fourth-order valence-electron chi connectivity index (χ4n) is 4.53. The van der Waals surface area contributed by atoms with Gasteiger partial charge in [-0.05, 0) is 42.5 Å². The van der Waals surface area contributed by atoms with Crippen LogP contribution < -0.4 is 0 Å². The van der Waals surface area contributed by atoms with E-state index in [-0.39, 0.29) is 17.2 Å². The summed E-state index contributed by atoms with van der Waals surface area (Å²) in [6.45, 7) is 0. The molecule has 0 bridgehead atoms. The molecule has 8 nitrogen and oxygen atoms in total. The summed E-state index contributed by atoms with van der Waals surface area (Å²) in [5, 5.41) is 11.8. The molecule has 1 aliphatic rings. The van der Waals surface area contributed by atoms with Gasteiger partial charge in [-0.3, -0.25) is 24.1 Å². The number of rotatable bonds is 3. The second-order valence-corrected chi connectivity index (χ2v) is 8.16. The lowest BCUT2D eigenvalue weighted by atomic mass is 10.1. The van der Waals surface area contributed by atoms with Crippen molar-refractivity contribution in [1.29, 1.82) is 0 Å². The van der Waals surface area contributed by atoms with Crippen LogP contribution in [0.4, 0.5) is 5.69 Å². The van der Waals surface area contributed by atoms with Crippen molar-refractivity contribution in [2.75, 3.05) is 0 Å². The summed E-state index contributed by atoms with van der Waals surface area (Å²) >= 11 is 0. The minimum absolute atomic E-state index is 0.0541. The zero-order valence-electron chi connectivity index (χ0n) is 18.7.